The molecular weight excluding hydrogens is 288 g/mol. The second-order valence-electron chi connectivity index (χ2n) is 6.48. The summed E-state index contributed by atoms with van der Waals surface area (Å²) in [5, 5.41) is 7.12. The van der Waals surface area contributed by atoms with Gasteiger partial charge in [0, 0.05) is 23.7 Å². The molecule has 4 nitrogen and oxygen atoms in total. The van der Waals surface area contributed by atoms with Gasteiger partial charge in [-0.05, 0) is 45.2 Å². The Labute approximate surface area is 131 Å². The number of hydrogen-bond donors (Lipinski definition) is 2. The van der Waals surface area contributed by atoms with E-state index in [9.17, 15) is 4.79 Å². The molecule has 0 spiro atoms. The van der Waals surface area contributed by atoms with Gasteiger partial charge in [0.1, 0.15) is 5.60 Å². The van der Waals surface area contributed by atoms with Crippen LogP contribution in [0, 0.1) is 0 Å². The van der Waals surface area contributed by atoms with Gasteiger partial charge in [0.15, 0.2) is 0 Å². The van der Waals surface area contributed by atoms with Crippen molar-refractivity contribution in [3.8, 4) is 0 Å². The highest BCUT2D eigenvalue weighted by molar-refractivity contribution is 6.31. The second-order valence-corrected chi connectivity index (χ2v) is 6.89. The van der Waals surface area contributed by atoms with Gasteiger partial charge in [-0.15, -0.1) is 0 Å². The summed E-state index contributed by atoms with van der Waals surface area (Å²) in [4.78, 5) is 11.6. The molecule has 1 aromatic carbocycles. The molecule has 1 fully saturated rings. The summed E-state index contributed by atoms with van der Waals surface area (Å²) in [6, 6.07) is 8.44. The van der Waals surface area contributed by atoms with Crippen LogP contribution in [0.3, 0.4) is 0 Å². The van der Waals surface area contributed by atoms with Gasteiger partial charge in [-0.1, -0.05) is 29.8 Å². The number of carbonyl (C=O) groups excluding carboxylic acids is 1. The number of hydrogen-bond acceptors (Lipinski definition) is 3. The molecule has 5 heteroatoms. The van der Waals surface area contributed by atoms with Gasteiger partial charge in [-0.25, -0.2) is 4.79 Å². The molecule has 1 aliphatic rings. The zero-order valence-electron chi connectivity index (χ0n) is 12.8. The van der Waals surface area contributed by atoms with Crippen LogP contribution in [0.2, 0.25) is 5.02 Å². The highest BCUT2D eigenvalue weighted by Crippen LogP contribution is 2.22. The lowest BCUT2D eigenvalue weighted by atomic mass is 9.87. The van der Waals surface area contributed by atoms with Crippen LogP contribution >= 0.6 is 11.6 Å². The van der Waals surface area contributed by atoms with Crippen molar-refractivity contribution in [3.05, 3.63) is 34.9 Å². The Morgan fingerprint density at radius 3 is 2.57 bits per heavy atom. The Morgan fingerprint density at radius 2 is 1.95 bits per heavy atom. The summed E-state index contributed by atoms with van der Waals surface area (Å²) in [5.41, 5.74) is 0.651. The third-order valence-corrected chi connectivity index (χ3v) is 3.77. The Bertz CT molecular complexity index is 493. The van der Waals surface area contributed by atoms with E-state index in [0.29, 0.717) is 6.04 Å². The van der Waals surface area contributed by atoms with Crippen molar-refractivity contribution in [1.29, 1.82) is 0 Å². The van der Waals surface area contributed by atoms with Crippen LogP contribution in [0.15, 0.2) is 24.3 Å². The predicted octanol–water partition coefficient (Wildman–Crippen LogP) is 3.49. The predicted molar refractivity (Wildman–Crippen MR) is 84.5 cm³/mol. The van der Waals surface area contributed by atoms with Crippen LogP contribution in [-0.4, -0.2) is 23.8 Å². The van der Waals surface area contributed by atoms with E-state index in [2.05, 4.69) is 10.6 Å². The minimum atomic E-state index is -0.449. The Morgan fingerprint density at radius 1 is 1.29 bits per heavy atom. The summed E-state index contributed by atoms with van der Waals surface area (Å²) >= 11 is 6.11. The molecule has 1 amide bonds. The van der Waals surface area contributed by atoms with Gasteiger partial charge in [-0.3, -0.25) is 0 Å². The molecule has 0 aliphatic heterocycles. The smallest absolute Gasteiger partial charge is 0.407 e. The topological polar surface area (TPSA) is 50.4 Å². The van der Waals surface area contributed by atoms with E-state index in [4.69, 9.17) is 16.3 Å². The van der Waals surface area contributed by atoms with E-state index >= 15 is 0 Å². The molecule has 116 valence electrons. The lowest BCUT2D eigenvalue weighted by Crippen LogP contribution is -2.52. The van der Waals surface area contributed by atoms with E-state index in [1.807, 2.05) is 45.0 Å². The Balaban J connectivity index is 1.66. The summed E-state index contributed by atoms with van der Waals surface area (Å²) in [6.45, 7) is 6.34. The second kappa shape index (κ2) is 6.67. The van der Waals surface area contributed by atoms with Gasteiger partial charge >= 0.3 is 6.09 Å². The van der Waals surface area contributed by atoms with Gasteiger partial charge in [0.25, 0.3) is 0 Å². The molecule has 0 aromatic heterocycles. The van der Waals surface area contributed by atoms with E-state index in [0.717, 1.165) is 30.0 Å². The first kappa shape index (κ1) is 16.1. The highest BCUT2D eigenvalue weighted by Gasteiger charge is 2.31. The van der Waals surface area contributed by atoms with Gasteiger partial charge < -0.3 is 15.4 Å². The molecule has 0 radical (unpaired) electrons. The van der Waals surface area contributed by atoms with E-state index in [1.165, 1.54) is 0 Å². The molecule has 0 unspecified atom stereocenters. The zero-order chi connectivity index (χ0) is 15.5. The average molecular weight is 311 g/mol. The quantitative estimate of drug-likeness (QED) is 0.895. The van der Waals surface area contributed by atoms with Crippen molar-refractivity contribution in [2.45, 2.75) is 57.8 Å². The van der Waals surface area contributed by atoms with E-state index in [-0.39, 0.29) is 12.1 Å². The number of amides is 1. The van der Waals surface area contributed by atoms with Crippen LogP contribution in [0.4, 0.5) is 4.79 Å². The monoisotopic (exact) mass is 310 g/mol. The van der Waals surface area contributed by atoms with Crippen molar-refractivity contribution in [1.82, 2.24) is 10.6 Å². The maximum Gasteiger partial charge on any atom is 0.407 e. The van der Waals surface area contributed by atoms with Gasteiger partial charge in [0.2, 0.25) is 0 Å². The number of alkyl carbamates (subject to hydrolysis) is 1. The maximum absolute atomic E-state index is 11.6. The largest absolute Gasteiger partial charge is 0.444 e. The standard InChI is InChI=1S/C16H23ClN2O2/c1-16(2,3)21-15(20)19-13-8-12(9-13)18-10-11-6-4-5-7-14(11)17/h4-7,12-13,18H,8-10H2,1-3H3,(H,19,20). The molecule has 0 heterocycles. The number of halogens is 1. The maximum atomic E-state index is 11.6. The molecule has 0 saturated heterocycles. The first-order chi connectivity index (χ1) is 9.83. The minimum Gasteiger partial charge on any atom is -0.444 e. The number of benzene rings is 1. The lowest BCUT2D eigenvalue weighted by molar-refractivity contribution is 0.0465. The third-order valence-electron chi connectivity index (χ3n) is 3.40. The third kappa shape index (κ3) is 5.21. The fraction of sp³-hybridized carbons (Fsp3) is 0.562. The first-order valence-corrected chi connectivity index (χ1v) is 7.67. The van der Waals surface area contributed by atoms with Crippen molar-refractivity contribution in [2.24, 2.45) is 0 Å². The van der Waals surface area contributed by atoms with Crippen molar-refractivity contribution in [2.75, 3.05) is 0 Å². The van der Waals surface area contributed by atoms with Crippen LogP contribution in [0.1, 0.15) is 39.2 Å². The van der Waals surface area contributed by atoms with E-state index in [1.54, 1.807) is 0 Å². The SMILES string of the molecule is CC(C)(C)OC(=O)NC1CC(NCc2ccccc2Cl)C1. The van der Waals surface area contributed by atoms with Gasteiger partial charge in [-0.2, -0.15) is 0 Å². The van der Waals surface area contributed by atoms with Crippen LogP contribution in [0.5, 0.6) is 0 Å². The fourth-order valence-electron chi connectivity index (χ4n) is 2.27. The molecule has 21 heavy (non-hydrogen) atoms. The molecule has 1 saturated carbocycles. The number of nitrogens with one attached hydrogen (secondary N) is 2. The number of carbonyl (C=O) groups is 1. The lowest BCUT2D eigenvalue weighted by Gasteiger charge is -2.36. The fourth-order valence-corrected chi connectivity index (χ4v) is 2.48. The normalized spacial score (nSPS) is 21.5. The minimum absolute atomic E-state index is 0.198. The number of rotatable bonds is 4. The Hall–Kier alpha value is -1.26. The Kier molecular flexibility index (Phi) is 5.12. The first-order valence-electron chi connectivity index (χ1n) is 7.30. The van der Waals surface area contributed by atoms with E-state index < -0.39 is 5.60 Å². The van der Waals surface area contributed by atoms with Crippen molar-refractivity contribution in [3.63, 3.8) is 0 Å². The van der Waals surface area contributed by atoms with Gasteiger partial charge in [0.05, 0.1) is 0 Å². The highest BCUT2D eigenvalue weighted by atomic mass is 35.5. The molecule has 2 N–H and O–H groups in total. The molecular formula is C16H23ClN2O2. The number of ether oxygens (including phenoxy) is 1. The summed E-state index contributed by atoms with van der Waals surface area (Å²) in [7, 11) is 0. The molecule has 1 aromatic rings. The van der Waals surface area contributed by atoms with Crippen LogP contribution in [-0.2, 0) is 11.3 Å². The van der Waals surface area contributed by atoms with Crippen LogP contribution in [0.25, 0.3) is 0 Å². The summed E-state index contributed by atoms with van der Waals surface area (Å²) in [6.07, 6.45) is 1.50. The average Bonchev–Trinajstić information content (AvgIpc) is 2.31. The zero-order valence-corrected chi connectivity index (χ0v) is 13.5. The van der Waals surface area contributed by atoms with Crippen molar-refractivity contribution >= 4 is 17.7 Å². The summed E-state index contributed by atoms with van der Waals surface area (Å²) < 4.78 is 5.24. The molecule has 2 rings (SSSR count). The van der Waals surface area contributed by atoms with Crippen LogP contribution < -0.4 is 10.6 Å². The molecule has 1 aliphatic carbocycles. The summed E-state index contributed by atoms with van der Waals surface area (Å²) in [5.74, 6) is 0. The molecule has 0 bridgehead atoms. The van der Waals surface area contributed by atoms with Crippen molar-refractivity contribution < 1.29 is 9.53 Å². The molecule has 0 atom stereocenters.